The van der Waals surface area contributed by atoms with Gasteiger partial charge in [-0.3, -0.25) is 4.98 Å². The van der Waals surface area contributed by atoms with E-state index < -0.39 is 0 Å². The van der Waals surface area contributed by atoms with E-state index in [0.29, 0.717) is 31.1 Å². The van der Waals surface area contributed by atoms with Crippen LogP contribution in [0.15, 0.2) is 18.3 Å². The fourth-order valence-electron chi connectivity index (χ4n) is 4.09. The van der Waals surface area contributed by atoms with E-state index in [0.717, 1.165) is 55.4 Å². The van der Waals surface area contributed by atoms with Crippen LogP contribution in [-0.4, -0.2) is 54.9 Å². The van der Waals surface area contributed by atoms with Crippen LogP contribution in [0, 0.1) is 0 Å². The van der Waals surface area contributed by atoms with E-state index in [2.05, 4.69) is 24.1 Å². The number of anilines is 1. The van der Waals surface area contributed by atoms with Gasteiger partial charge in [-0.15, -0.1) is 0 Å². The summed E-state index contributed by atoms with van der Waals surface area (Å²) in [5.41, 5.74) is 3.29. The number of aromatic nitrogens is 1. The molecule has 7 heteroatoms. The molecule has 2 aromatic rings. The van der Waals surface area contributed by atoms with Crippen molar-refractivity contribution in [3.05, 3.63) is 23.9 Å². The molecule has 0 radical (unpaired) electrons. The molecular weight excluding hydrogens is 382 g/mol. The highest BCUT2D eigenvalue weighted by Crippen LogP contribution is 2.40. The van der Waals surface area contributed by atoms with Crippen LogP contribution in [0.5, 0.6) is 11.5 Å². The summed E-state index contributed by atoms with van der Waals surface area (Å²) in [6.07, 6.45) is 6.56. The molecule has 0 saturated carbocycles. The van der Waals surface area contributed by atoms with Gasteiger partial charge in [-0.2, -0.15) is 0 Å². The van der Waals surface area contributed by atoms with Crippen LogP contribution in [0.3, 0.4) is 0 Å². The average molecular weight is 414 g/mol. The molecule has 0 spiro atoms. The molecule has 1 saturated heterocycles. The number of carbonyl (C=O) groups excluding carboxylic acids is 1. The first-order valence-electron chi connectivity index (χ1n) is 10.8. The van der Waals surface area contributed by atoms with Crippen LogP contribution >= 0.6 is 0 Å². The number of nitrogens with zero attached hydrogens (tertiary/aromatic N) is 2. The normalized spacial score (nSPS) is 17.4. The van der Waals surface area contributed by atoms with Gasteiger partial charge in [0.25, 0.3) is 0 Å². The number of hydrogen-bond acceptors (Lipinski definition) is 6. The lowest BCUT2D eigenvalue weighted by Crippen LogP contribution is -2.35. The molecule has 4 rings (SSSR count). The van der Waals surface area contributed by atoms with Gasteiger partial charge in [0.15, 0.2) is 11.5 Å². The average Bonchev–Trinajstić information content (AvgIpc) is 3.27. The van der Waals surface area contributed by atoms with E-state index in [1.165, 1.54) is 5.56 Å². The number of benzene rings is 1. The van der Waals surface area contributed by atoms with Gasteiger partial charge >= 0.3 is 6.09 Å². The number of methoxy groups -OCH3 is 1. The lowest BCUT2D eigenvalue weighted by Gasteiger charge is -2.34. The minimum atomic E-state index is -0.222. The monoisotopic (exact) mass is 413 g/mol. The Balaban J connectivity index is 1.41. The molecule has 2 aliphatic heterocycles. The van der Waals surface area contributed by atoms with E-state index in [4.69, 9.17) is 14.2 Å². The van der Waals surface area contributed by atoms with Gasteiger partial charge in [0.1, 0.15) is 0 Å². The Bertz CT molecular complexity index is 922. The predicted octanol–water partition coefficient (Wildman–Crippen LogP) is 4.38. The maximum atomic E-state index is 11.9. The zero-order chi connectivity index (χ0) is 21.1. The molecule has 7 nitrogen and oxygen atoms in total. The lowest BCUT2D eigenvalue weighted by molar-refractivity contribution is 0.104. The highest BCUT2D eigenvalue weighted by atomic mass is 16.6. The Kier molecular flexibility index (Phi) is 5.88. The van der Waals surface area contributed by atoms with Gasteiger partial charge in [0.05, 0.1) is 25.8 Å². The SMILES string of the molecule is COc1cc2c3c(cnc2cc1OCCCOC(=O)N1CCCC1)CCC(C)(C)N3. The van der Waals surface area contributed by atoms with Crippen LogP contribution in [0.2, 0.25) is 0 Å². The van der Waals surface area contributed by atoms with Crippen molar-refractivity contribution in [1.82, 2.24) is 9.88 Å². The van der Waals surface area contributed by atoms with Crippen molar-refractivity contribution in [2.45, 2.75) is 51.5 Å². The Morgan fingerprint density at radius 3 is 2.77 bits per heavy atom. The summed E-state index contributed by atoms with van der Waals surface area (Å²) in [5.74, 6) is 1.33. The lowest BCUT2D eigenvalue weighted by atomic mass is 9.89. The second kappa shape index (κ2) is 8.58. The molecule has 1 aromatic heterocycles. The second-order valence-electron chi connectivity index (χ2n) is 8.70. The molecule has 0 atom stereocenters. The number of ether oxygens (including phenoxy) is 3. The number of carbonyl (C=O) groups is 1. The third-order valence-electron chi connectivity index (χ3n) is 5.85. The molecule has 3 heterocycles. The molecule has 30 heavy (non-hydrogen) atoms. The summed E-state index contributed by atoms with van der Waals surface area (Å²) in [6, 6.07) is 3.92. The predicted molar refractivity (Wildman–Crippen MR) is 117 cm³/mol. The molecule has 1 amide bonds. The van der Waals surface area contributed by atoms with Crippen LogP contribution in [0.25, 0.3) is 10.9 Å². The first-order valence-corrected chi connectivity index (χ1v) is 10.8. The highest BCUT2D eigenvalue weighted by Gasteiger charge is 2.26. The summed E-state index contributed by atoms with van der Waals surface area (Å²) in [6.45, 7) is 6.81. The number of fused-ring (bicyclic) bond motifs is 3. The molecular formula is C23H31N3O4. The number of nitrogens with one attached hydrogen (secondary N) is 1. The molecule has 0 bridgehead atoms. The van der Waals surface area contributed by atoms with Gasteiger partial charge in [-0.1, -0.05) is 0 Å². The zero-order valence-electron chi connectivity index (χ0n) is 18.1. The number of pyridine rings is 1. The highest BCUT2D eigenvalue weighted by molar-refractivity contribution is 5.95. The van der Waals surface area contributed by atoms with Gasteiger partial charge in [-0.25, -0.2) is 4.79 Å². The quantitative estimate of drug-likeness (QED) is 0.709. The van der Waals surface area contributed by atoms with Gasteiger partial charge in [0.2, 0.25) is 0 Å². The Morgan fingerprint density at radius 1 is 1.20 bits per heavy atom. The summed E-state index contributed by atoms with van der Waals surface area (Å²) in [5, 5.41) is 4.70. The van der Waals surface area contributed by atoms with Crippen molar-refractivity contribution in [2.75, 3.05) is 38.7 Å². The summed E-state index contributed by atoms with van der Waals surface area (Å²) in [7, 11) is 1.64. The molecule has 1 N–H and O–H groups in total. The minimum absolute atomic E-state index is 0.0518. The third kappa shape index (κ3) is 4.40. The van der Waals surface area contributed by atoms with E-state index in [9.17, 15) is 4.79 Å². The Morgan fingerprint density at radius 2 is 2.00 bits per heavy atom. The fraction of sp³-hybridized carbons (Fsp3) is 0.565. The molecule has 2 aliphatic rings. The Hall–Kier alpha value is -2.70. The van der Waals surface area contributed by atoms with Crippen LogP contribution in [0.1, 0.15) is 45.1 Å². The number of hydrogen-bond donors (Lipinski definition) is 1. The van der Waals surface area contributed by atoms with E-state index in [1.54, 1.807) is 12.0 Å². The second-order valence-corrected chi connectivity index (χ2v) is 8.70. The molecule has 1 aromatic carbocycles. The molecule has 0 aliphatic carbocycles. The first kappa shape index (κ1) is 20.6. The van der Waals surface area contributed by atoms with Crippen molar-refractivity contribution in [3.8, 4) is 11.5 Å². The molecule has 1 fully saturated rings. The maximum Gasteiger partial charge on any atom is 0.409 e. The van der Waals surface area contributed by atoms with Gasteiger partial charge < -0.3 is 24.4 Å². The van der Waals surface area contributed by atoms with Crippen LogP contribution in [0.4, 0.5) is 10.5 Å². The number of rotatable bonds is 6. The van der Waals surface area contributed by atoms with Crippen molar-refractivity contribution in [1.29, 1.82) is 0 Å². The number of amides is 1. The van der Waals surface area contributed by atoms with Crippen molar-refractivity contribution < 1.29 is 19.0 Å². The van der Waals surface area contributed by atoms with E-state index >= 15 is 0 Å². The number of aryl methyl sites for hydroxylation is 1. The Labute approximate surface area is 177 Å². The zero-order valence-corrected chi connectivity index (χ0v) is 18.1. The van der Waals surface area contributed by atoms with Crippen molar-refractivity contribution in [2.24, 2.45) is 0 Å². The maximum absolute atomic E-state index is 11.9. The summed E-state index contributed by atoms with van der Waals surface area (Å²) >= 11 is 0. The fourth-order valence-corrected chi connectivity index (χ4v) is 4.09. The number of likely N-dealkylation sites (tertiary alicyclic amines) is 1. The minimum Gasteiger partial charge on any atom is -0.493 e. The smallest absolute Gasteiger partial charge is 0.409 e. The largest absolute Gasteiger partial charge is 0.493 e. The van der Waals surface area contributed by atoms with Crippen molar-refractivity contribution >= 4 is 22.7 Å². The third-order valence-corrected chi connectivity index (χ3v) is 5.85. The van der Waals surface area contributed by atoms with E-state index in [-0.39, 0.29) is 11.6 Å². The molecule has 162 valence electrons. The molecule has 0 unspecified atom stereocenters. The van der Waals surface area contributed by atoms with Crippen molar-refractivity contribution in [3.63, 3.8) is 0 Å². The summed E-state index contributed by atoms with van der Waals surface area (Å²) in [4.78, 5) is 18.3. The van der Waals surface area contributed by atoms with Crippen LogP contribution < -0.4 is 14.8 Å². The van der Waals surface area contributed by atoms with Crippen LogP contribution in [-0.2, 0) is 11.2 Å². The summed E-state index contributed by atoms with van der Waals surface area (Å²) < 4.78 is 16.9. The first-order chi connectivity index (χ1) is 14.5. The standard InChI is InChI=1S/C23H31N3O4/c1-23(2)8-7-16-15-24-18-14-20(19(28-3)13-17(18)21(16)25-23)29-11-6-12-30-22(27)26-9-4-5-10-26/h13-15,25H,4-12H2,1-3H3. The topological polar surface area (TPSA) is 72.9 Å². The van der Waals surface area contributed by atoms with E-state index in [1.807, 2.05) is 18.3 Å². The van der Waals surface area contributed by atoms with Gasteiger partial charge in [0, 0.05) is 48.4 Å². The van der Waals surface area contributed by atoms with Gasteiger partial charge in [-0.05, 0) is 51.2 Å².